The Morgan fingerprint density at radius 1 is 0.217 bits per heavy atom. The third kappa shape index (κ3) is 21.4. The van der Waals surface area contributed by atoms with Gasteiger partial charge in [0.2, 0.25) is 17.7 Å². The molecule has 0 aliphatic carbocycles. The largest absolute Gasteiger partial charge is 0.394 e. The minimum absolute atomic E-state index is 0.769. The zero-order valence-electron chi connectivity index (χ0n) is 63.9. The maximum absolute atomic E-state index is 13.2. The smallest absolute Gasteiger partial charge is 0.217 e. The van der Waals surface area contributed by atoms with Crippen LogP contribution in [0, 0.1) is 0 Å². The maximum atomic E-state index is 13.2. The van der Waals surface area contributed by atoms with Gasteiger partial charge in [-0.05, 0) is 0 Å². The van der Waals surface area contributed by atoms with E-state index in [-0.39, 0.29) is 0 Å². The number of ether oxygens (including phenoxy) is 19. The number of aliphatic hydroxyl groups excluding tert-OH is 29. The highest BCUT2D eigenvalue weighted by Gasteiger charge is 2.61. The Hall–Kier alpha value is -3.51. The predicted octanol–water partition coefficient (Wildman–Crippen LogP) is -22.4. The molecular formula is C66H111N3O51. The van der Waals surface area contributed by atoms with E-state index in [1.807, 2.05) is 0 Å². The van der Waals surface area contributed by atoms with Crippen LogP contribution in [0.4, 0.5) is 0 Å². The van der Waals surface area contributed by atoms with Crippen LogP contribution >= 0.6 is 0 Å². The van der Waals surface area contributed by atoms with E-state index in [1.54, 1.807) is 0 Å². The van der Waals surface area contributed by atoms with Crippen molar-refractivity contribution in [2.24, 2.45) is 0 Å². The molecule has 3 amide bonds. The van der Waals surface area contributed by atoms with Crippen molar-refractivity contribution >= 4 is 17.7 Å². The van der Waals surface area contributed by atoms with E-state index in [0.29, 0.717) is 0 Å². The molecule has 0 aromatic heterocycles. The van der Waals surface area contributed by atoms with Crippen LogP contribution in [0.1, 0.15) is 20.8 Å². The topological polar surface area (TPSA) is 849 Å². The fourth-order valence-electron chi connectivity index (χ4n) is 15.4. The number of carbonyl (C=O) groups is 3. The number of hydrogen-bond acceptors (Lipinski definition) is 51. The lowest BCUT2D eigenvalue weighted by molar-refractivity contribution is -0.399. The fourth-order valence-corrected chi connectivity index (χ4v) is 15.4. The van der Waals surface area contributed by atoms with E-state index in [2.05, 4.69) is 16.0 Å². The molecule has 0 aromatic carbocycles. The normalized spacial score (nSPS) is 50.4. The molecule has 10 fully saturated rings. The Bertz CT molecular complexity index is 3180. The Balaban J connectivity index is 0.968. The van der Waals surface area contributed by atoms with Crippen molar-refractivity contribution in [3.8, 4) is 0 Å². The average molecular weight is 1760 g/mol. The molecule has 0 bridgehead atoms. The molecule has 1 unspecified atom stereocenters. The van der Waals surface area contributed by atoms with Gasteiger partial charge in [0.05, 0.1) is 66.1 Å². The molecule has 32 N–H and O–H groups in total. The summed E-state index contributed by atoms with van der Waals surface area (Å²) in [5, 5.41) is 328. The average Bonchev–Trinajstić information content (AvgIpc) is 0.772. The van der Waals surface area contributed by atoms with Crippen molar-refractivity contribution in [3.63, 3.8) is 0 Å². The van der Waals surface area contributed by atoms with Crippen LogP contribution in [-0.4, -0.2) is 539 Å². The van der Waals surface area contributed by atoms with Gasteiger partial charge in [0.15, 0.2) is 62.9 Å². The van der Waals surface area contributed by atoms with Crippen molar-refractivity contribution in [2.45, 2.75) is 328 Å². The van der Waals surface area contributed by atoms with Gasteiger partial charge in [-0.15, -0.1) is 0 Å². The number of amides is 3. The van der Waals surface area contributed by atoms with Crippen molar-refractivity contribution in [1.82, 2.24) is 16.0 Å². The van der Waals surface area contributed by atoms with Gasteiger partial charge in [-0.25, -0.2) is 0 Å². The van der Waals surface area contributed by atoms with Crippen molar-refractivity contribution < 1.29 is 252 Å². The van der Waals surface area contributed by atoms with Gasteiger partial charge in [0, 0.05) is 20.8 Å². The SMILES string of the molecule is CC(=O)N[C@H]1[C@H](O[C@H]2[C@H](O)[C@@H](NC(C)=O)[C@H](O[C@H]3[C@H](O)[C@@H](NC(C)=O)C(O)O[C@@H]3CO)O[C@@H]2CO)O[C@H](CO)[C@@H](O[C@@H]2O[C@H](CO[C@H]3O[C@H](CO[C@H]4O[C@H](CO)[C@@H](O)[C@H](O)[C@@H]4O[C@H]4O[C@H](CO)[C@@H](O)[C@H](O)[C@@H]4O)[C@@H](O)[C@H](O[C@H]4O[C@H](CO)[C@@H](O)[C@H](O)[C@@H]4O)[C@@H]3O)[C@@H](O)[C@H](O[C@H]3O[C@H](CO)[C@@H](O)[C@H](O)[C@@H]3O[C@H]3O[C@H](CO)[C@@H](O)[C@H](O)[C@@H]3O)[C@@H]2O)[C@@H]1O. The monoisotopic (exact) mass is 1760 g/mol. The first-order valence-electron chi connectivity index (χ1n) is 38.2. The van der Waals surface area contributed by atoms with Crippen molar-refractivity contribution in [2.75, 3.05) is 66.1 Å². The van der Waals surface area contributed by atoms with Gasteiger partial charge >= 0.3 is 0 Å². The Kier molecular flexibility index (Phi) is 35.4. The molecule has 54 nitrogen and oxygen atoms in total. The molecule has 0 radical (unpaired) electrons. The third-order valence-electron chi connectivity index (χ3n) is 22.1. The number of aliphatic hydroxyl groups is 29. The molecule has 54 heteroatoms. The predicted molar refractivity (Wildman–Crippen MR) is 364 cm³/mol. The molecule has 120 heavy (non-hydrogen) atoms. The van der Waals surface area contributed by atoms with Crippen LogP contribution in [0.2, 0.25) is 0 Å². The zero-order valence-corrected chi connectivity index (χ0v) is 63.9. The van der Waals surface area contributed by atoms with E-state index >= 15 is 0 Å². The molecule has 696 valence electrons. The van der Waals surface area contributed by atoms with Crippen LogP contribution in [0.5, 0.6) is 0 Å². The standard InChI is InChI=1S/C66H111N3O51/c1-14(78)67-27-37(88)50(22(9-75)104-57(27)101)114-58-28(68-15(2)79)38(89)51(23(10-76)110-58)115-59-29(69-16(3)80)39(90)52(24(11-77)111-59)116-64-49(100)54(118-66-56(44(95)34(85)21(8-74)109-66)120-63-47(98)42(93)32(83)19(6-72)107-63)36(87)26(113-64)12-102-60-48(99)53(117-61-45(96)40(91)30(81)17(4-70)105-61)35(86)25(112-60)13-103-65-55(43(94)33(84)20(7-73)108-65)119-62-46(97)41(92)31(82)18(5-71)106-62/h17-66,70-77,81-101H,4-13H2,1-3H3,(H,67,78)(H,68,79)(H,69,80)/t17-,18-,19-,20-,21-,22-,23-,24-,25-,26-,27-,28-,29-,30-,31-,32-,33-,34-,35-,36-,37-,38-,39-,40+,41+,42+,43+,44+,45+,46+,47+,48+,49+,50-,51-,52-,53+,54+,55+,56+,57?,58+,59+,60+,61-,62-,63-,64+,65+,66-/m1/s1. The molecule has 10 rings (SSSR count). The fraction of sp³-hybridized carbons (Fsp3) is 0.955. The van der Waals surface area contributed by atoms with E-state index in [9.17, 15) is 162 Å². The van der Waals surface area contributed by atoms with Crippen LogP contribution in [0.25, 0.3) is 0 Å². The van der Waals surface area contributed by atoms with Crippen LogP contribution in [0.3, 0.4) is 0 Å². The van der Waals surface area contributed by atoms with Crippen molar-refractivity contribution in [1.29, 1.82) is 0 Å². The summed E-state index contributed by atoms with van der Waals surface area (Å²) in [6.07, 6.45) is -99.8. The summed E-state index contributed by atoms with van der Waals surface area (Å²) in [5.41, 5.74) is 0. The quantitative estimate of drug-likeness (QED) is 0.0306. The molecule has 0 spiro atoms. The molecule has 0 aromatic rings. The van der Waals surface area contributed by atoms with Crippen LogP contribution in [-0.2, 0) is 104 Å². The first-order valence-corrected chi connectivity index (χ1v) is 38.2. The van der Waals surface area contributed by atoms with E-state index in [1.165, 1.54) is 0 Å². The highest BCUT2D eigenvalue weighted by molar-refractivity contribution is 5.74. The summed E-state index contributed by atoms with van der Waals surface area (Å²) in [6.45, 7) is -8.21. The Labute approximate surface area is 678 Å². The highest BCUT2D eigenvalue weighted by Crippen LogP contribution is 2.40. The number of rotatable bonds is 31. The summed E-state index contributed by atoms with van der Waals surface area (Å²) in [5.74, 6) is -2.67. The summed E-state index contributed by atoms with van der Waals surface area (Å²) in [7, 11) is 0. The first-order chi connectivity index (χ1) is 56.8. The first kappa shape index (κ1) is 98.7. The molecule has 10 aliphatic rings. The number of nitrogens with one attached hydrogen (secondary N) is 3. The van der Waals surface area contributed by atoms with Gasteiger partial charge < -0.3 is 254 Å². The molecule has 10 aliphatic heterocycles. The summed E-state index contributed by atoms with van der Waals surface area (Å²) < 4.78 is 112. The summed E-state index contributed by atoms with van der Waals surface area (Å²) in [4.78, 5) is 38.1. The molecular weight excluding hydrogens is 1650 g/mol. The third-order valence-corrected chi connectivity index (χ3v) is 22.1. The highest BCUT2D eigenvalue weighted by atomic mass is 16.8. The molecule has 10 heterocycles. The number of hydrogen-bond donors (Lipinski definition) is 32. The summed E-state index contributed by atoms with van der Waals surface area (Å²) in [6, 6.07) is -5.49. The van der Waals surface area contributed by atoms with E-state index in [0.717, 1.165) is 20.8 Å². The zero-order chi connectivity index (χ0) is 88.2. The maximum Gasteiger partial charge on any atom is 0.217 e. The van der Waals surface area contributed by atoms with Crippen LogP contribution in [0.15, 0.2) is 0 Å². The van der Waals surface area contributed by atoms with Gasteiger partial charge in [0.25, 0.3) is 0 Å². The minimum atomic E-state index is -2.61. The molecule has 0 saturated carbocycles. The van der Waals surface area contributed by atoms with Crippen molar-refractivity contribution in [3.05, 3.63) is 0 Å². The van der Waals surface area contributed by atoms with Gasteiger partial charge in [-0.1, -0.05) is 0 Å². The van der Waals surface area contributed by atoms with Gasteiger partial charge in [0.1, 0.15) is 244 Å². The van der Waals surface area contributed by atoms with Gasteiger partial charge in [-0.2, -0.15) is 0 Å². The lowest BCUT2D eigenvalue weighted by Crippen LogP contribution is -2.71. The second-order valence-electron chi connectivity index (χ2n) is 30.3. The Morgan fingerprint density at radius 2 is 0.458 bits per heavy atom. The summed E-state index contributed by atoms with van der Waals surface area (Å²) >= 11 is 0. The number of carbonyl (C=O) groups excluding carboxylic acids is 3. The second kappa shape index (κ2) is 43.1. The lowest BCUT2D eigenvalue weighted by Gasteiger charge is -2.51. The second-order valence-corrected chi connectivity index (χ2v) is 30.3. The minimum Gasteiger partial charge on any atom is -0.394 e. The van der Waals surface area contributed by atoms with Crippen LogP contribution < -0.4 is 16.0 Å². The lowest BCUT2D eigenvalue weighted by atomic mass is 9.93. The van der Waals surface area contributed by atoms with Gasteiger partial charge in [-0.3, -0.25) is 14.4 Å². The Morgan fingerprint density at radius 3 is 0.825 bits per heavy atom. The van der Waals surface area contributed by atoms with E-state index in [4.69, 9.17) is 90.0 Å². The molecule has 50 atom stereocenters. The molecule has 10 saturated heterocycles. The van der Waals surface area contributed by atoms with E-state index < -0.39 is 391 Å².